The maximum Gasteiger partial charge on any atom is 0.159 e. The third-order valence-electron chi connectivity index (χ3n) is 3.39. The summed E-state index contributed by atoms with van der Waals surface area (Å²) in [6.07, 6.45) is 0. The normalized spacial score (nSPS) is 13.8. The molecule has 2 heterocycles. The molecule has 0 saturated carbocycles. The first-order chi connectivity index (χ1) is 9.54. The van der Waals surface area contributed by atoms with E-state index in [2.05, 4.69) is 29.1 Å². The molecule has 0 amide bonds. The van der Waals surface area contributed by atoms with Gasteiger partial charge in [-0.15, -0.1) is 0 Å². The molecular formula is C15H15F2N3. The summed E-state index contributed by atoms with van der Waals surface area (Å²) >= 11 is 0. The Bertz CT molecular complexity index is 648. The molecule has 0 fully saturated rings. The van der Waals surface area contributed by atoms with Crippen LogP contribution in [0.5, 0.6) is 0 Å². The van der Waals surface area contributed by atoms with Crippen molar-refractivity contribution in [2.24, 2.45) is 0 Å². The number of nitrogens with zero attached hydrogens (tertiary/aromatic N) is 2. The summed E-state index contributed by atoms with van der Waals surface area (Å²) in [5.41, 5.74) is 3.35. The van der Waals surface area contributed by atoms with E-state index in [-0.39, 0.29) is 5.92 Å². The van der Waals surface area contributed by atoms with Gasteiger partial charge in [-0.05, 0) is 18.1 Å². The number of benzene rings is 1. The summed E-state index contributed by atoms with van der Waals surface area (Å²) in [5.74, 6) is -0.611. The van der Waals surface area contributed by atoms with Crippen LogP contribution in [0.15, 0.2) is 18.2 Å². The van der Waals surface area contributed by atoms with Crippen LogP contribution in [0.3, 0.4) is 0 Å². The van der Waals surface area contributed by atoms with Crippen LogP contribution >= 0.6 is 0 Å². The van der Waals surface area contributed by atoms with Crippen LogP contribution in [-0.2, 0) is 13.1 Å². The molecule has 0 radical (unpaired) electrons. The van der Waals surface area contributed by atoms with Crippen LogP contribution in [0.25, 0.3) is 11.4 Å². The van der Waals surface area contributed by atoms with Gasteiger partial charge in [0.15, 0.2) is 5.82 Å². The largest absolute Gasteiger partial charge is 0.307 e. The SMILES string of the molecule is CC(C)c1nc(-c2cc(F)cc(F)c2)nc2c1CNC2. The van der Waals surface area contributed by atoms with Gasteiger partial charge in [-0.25, -0.2) is 18.7 Å². The smallest absolute Gasteiger partial charge is 0.159 e. The second-order valence-corrected chi connectivity index (χ2v) is 5.27. The quantitative estimate of drug-likeness (QED) is 0.915. The lowest BCUT2D eigenvalue weighted by Crippen LogP contribution is -2.05. The van der Waals surface area contributed by atoms with E-state index >= 15 is 0 Å². The molecule has 1 N–H and O–H groups in total. The zero-order valence-corrected chi connectivity index (χ0v) is 11.4. The first kappa shape index (κ1) is 13.1. The molecule has 0 spiro atoms. The third kappa shape index (κ3) is 2.29. The van der Waals surface area contributed by atoms with Crippen molar-refractivity contribution in [2.45, 2.75) is 32.9 Å². The molecule has 0 aliphatic carbocycles. The lowest BCUT2D eigenvalue weighted by Gasteiger charge is -2.12. The zero-order valence-electron chi connectivity index (χ0n) is 11.4. The molecule has 2 aromatic rings. The average molecular weight is 275 g/mol. The predicted octanol–water partition coefficient (Wildman–Crippen LogP) is 3.15. The minimum atomic E-state index is -0.617. The van der Waals surface area contributed by atoms with Gasteiger partial charge in [0.2, 0.25) is 0 Å². The number of fused-ring (bicyclic) bond motifs is 1. The highest BCUT2D eigenvalue weighted by molar-refractivity contribution is 5.56. The van der Waals surface area contributed by atoms with Gasteiger partial charge < -0.3 is 5.32 Å². The molecule has 5 heteroatoms. The van der Waals surface area contributed by atoms with Crippen molar-refractivity contribution in [2.75, 3.05) is 0 Å². The van der Waals surface area contributed by atoms with E-state index in [0.29, 0.717) is 17.9 Å². The van der Waals surface area contributed by atoms with E-state index in [0.717, 1.165) is 29.6 Å². The topological polar surface area (TPSA) is 37.8 Å². The van der Waals surface area contributed by atoms with Crippen LogP contribution in [0.2, 0.25) is 0 Å². The first-order valence-electron chi connectivity index (χ1n) is 6.61. The van der Waals surface area contributed by atoms with E-state index in [1.807, 2.05) is 0 Å². The summed E-state index contributed by atoms with van der Waals surface area (Å²) in [6, 6.07) is 3.37. The Labute approximate surface area is 116 Å². The van der Waals surface area contributed by atoms with Crippen molar-refractivity contribution in [1.82, 2.24) is 15.3 Å². The minimum Gasteiger partial charge on any atom is -0.307 e. The Kier molecular flexibility index (Phi) is 3.22. The average Bonchev–Trinajstić information content (AvgIpc) is 2.84. The summed E-state index contributed by atoms with van der Waals surface area (Å²) < 4.78 is 26.7. The fourth-order valence-electron chi connectivity index (χ4n) is 2.48. The predicted molar refractivity (Wildman–Crippen MR) is 72.0 cm³/mol. The Balaban J connectivity index is 2.17. The van der Waals surface area contributed by atoms with E-state index in [1.165, 1.54) is 12.1 Å². The van der Waals surface area contributed by atoms with Gasteiger partial charge in [0, 0.05) is 30.3 Å². The Hall–Kier alpha value is -1.88. The highest BCUT2D eigenvalue weighted by Crippen LogP contribution is 2.27. The highest BCUT2D eigenvalue weighted by Gasteiger charge is 2.21. The number of hydrogen-bond donors (Lipinski definition) is 1. The molecule has 1 aromatic carbocycles. The van der Waals surface area contributed by atoms with E-state index in [1.54, 1.807) is 0 Å². The van der Waals surface area contributed by atoms with Gasteiger partial charge in [-0.2, -0.15) is 0 Å². The van der Waals surface area contributed by atoms with Crippen molar-refractivity contribution in [1.29, 1.82) is 0 Å². The van der Waals surface area contributed by atoms with Crippen LogP contribution in [0.1, 0.15) is 36.7 Å². The second-order valence-electron chi connectivity index (χ2n) is 5.27. The molecule has 3 rings (SSSR count). The third-order valence-corrected chi connectivity index (χ3v) is 3.39. The molecule has 0 bridgehead atoms. The van der Waals surface area contributed by atoms with Gasteiger partial charge in [0.05, 0.1) is 11.4 Å². The molecule has 20 heavy (non-hydrogen) atoms. The molecular weight excluding hydrogens is 260 g/mol. The van der Waals surface area contributed by atoms with Gasteiger partial charge in [0.1, 0.15) is 11.6 Å². The second kappa shape index (κ2) is 4.90. The fourth-order valence-corrected chi connectivity index (χ4v) is 2.48. The van der Waals surface area contributed by atoms with E-state index in [4.69, 9.17) is 0 Å². The van der Waals surface area contributed by atoms with Gasteiger partial charge in [0.25, 0.3) is 0 Å². The molecule has 0 saturated heterocycles. The summed E-state index contributed by atoms with van der Waals surface area (Å²) in [5, 5.41) is 3.23. The zero-order chi connectivity index (χ0) is 14.3. The Morgan fingerprint density at radius 2 is 1.75 bits per heavy atom. The molecule has 1 aliphatic rings. The van der Waals surface area contributed by atoms with E-state index < -0.39 is 11.6 Å². The number of nitrogens with one attached hydrogen (secondary N) is 1. The maximum absolute atomic E-state index is 13.3. The fraction of sp³-hybridized carbons (Fsp3) is 0.333. The monoisotopic (exact) mass is 275 g/mol. The van der Waals surface area contributed by atoms with Crippen molar-refractivity contribution >= 4 is 0 Å². The van der Waals surface area contributed by atoms with Crippen LogP contribution in [0.4, 0.5) is 8.78 Å². The van der Waals surface area contributed by atoms with Crippen molar-refractivity contribution in [3.8, 4) is 11.4 Å². The number of rotatable bonds is 2. The summed E-state index contributed by atoms with van der Waals surface area (Å²) in [4.78, 5) is 8.95. The molecule has 0 unspecified atom stereocenters. The number of aromatic nitrogens is 2. The van der Waals surface area contributed by atoms with Crippen molar-refractivity contribution in [3.63, 3.8) is 0 Å². The standard InChI is InChI=1S/C15H15F2N3/c1-8(2)14-12-6-18-7-13(12)19-15(20-14)9-3-10(16)5-11(17)4-9/h3-5,8,18H,6-7H2,1-2H3. The lowest BCUT2D eigenvalue weighted by molar-refractivity contribution is 0.584. The molecule has 1 aliphatic heterocycles. The van der Waals surface area contributed by atoms with Gasteiger partial charge in [-0.1, -0.05) is 13.8 Å². The summed E-state index contributed by atoms with van der Waals surface area (Å²) in [6.45, 7) is 5.52. The van der Waals surface area contributed by atoms with Gasteiger partial charge >= 0.3 is 0 Å². The van der Waals surface area contributed by atoms with E-state index in [9.17, 15) is 8.78 Å². The maximum atomic E-state index is 13.3. The number of halogens is 2. The van der Waals surface area contributed by atoms with Crippen LogP contribution in [0, 0.1) is 11.6 Å². The molecule has 104 valence electrons. The molecule has 3 nitrogen and oxygen atoms in total. The van der Waals surface area contributed by atoms with Crippen LogP contribution < -0.4 is 5.32 Å². The molecule has 0 atom stereocenters. The lowest BCUT2D eigenvalue weighted by atomic mass is 10.0. The van der Waals surface area contributed by atoms with Crippen LogP contribution in [-0.4, -0.2) is 9.97 Å². The first-order valence-corrected chi connectivity index (χ1v) is 6.61. The van der Waals surface area contributed by atoms with Gasteiger partial charge in [-0.3, -0.25) is 0 Å². The van der Waals surface area contributed by atoms with Crippen molar-refractivity contribution < 1.29 is 8.78 Å². The highest BCUT2D eigenvalue weighted by atomic mass is 19.1. The number of hydrogen-bond acceptors (Lipinski definition) is 3. The van der Waals surface area contributed by atoms with Crippen molar-refractivity contribution in [3.05, 3.63) is 46.8 Å². The molecule has 1 aromatic heterocycles. The summed E-state index contributed by atoms with van der Waals surface area (Å²) in [7, 11) is 0. The minimum absolute atomic E-state index is 0.240. The Morgan fingerprint density at radius 1 is 1.05 bits per heavy atom. The Morgan fingerprint density at radius 3 is 2.40 bits per heavy atom.